The Morgan fingerprint density at radius 2 is 1.67 bits per heavy atom. The molecule has 5 aromatic rings. The second-order valence-corrected chi connectivity index (χ2v) is 6.25. The standard InChI is InChI=1S/C11H9N5S.C7H7N3.C2H3N/c17-11(16-6-5-12-7-16)15-10-13-8-3-1-2-4-9(8)14-10;8-7-9-5-3-1-2-4-6(5)10-7;1-2-3/h1-7H,(H2,13,14,15,17);1-4H,(H3,8,9,10);1H3. The highest BCUT2D eigenvalue weighted by atomic mass is 32.1. The van der Waals surface area contributed by atoms with E-state index in [0.717, 1.165) is 22.1 Å². The summed E-state index contributed by atoms with van der Waals surface area (Å²) in [5, 5.41) is 10.9. The summed E-state index contributed by atoms with van der Waals surface area (Å²) >= 11 is 5.21. The molecule has 0 saturated heterocycles. The molecule has 0 unspecified atom stereocenters. The number of hydrogen-bond acceptors (Lipinski definition) is 6. The molecule has 0 radical (unpaired) electrons. The molecule has 0 aliphatic rings. The maximum Gasteiger partial charge on any atom is 0.207 e. The van der Waals surface area contributed by atoms with Crippen molar-refractivity contribution < 1.29 is 0 Å². The van der Waals surface area contributed by atoms with Crippen molar-refractivity contribution in [2.45, 2.75) is 6.92 Å². The van der Waals surface area contributed by atoms with Crippen molar-refractivity contribution in [2.75, 3.05) is 11.1 Å². The Labute approximate surface area is 177 Å². The van der Waals surface area contributed by atoms with Crippen LogP contribution < -0.4 is 11.1 Å². The molecule has 9 nitrogen and oxygen atoms in total. The van der Waals surface area contributed by atoms with Crippen LogP contribution in [-0.2, 0) is 0 Å². The molecule has 2 aromatic carbocycles. The quantitative estimate of drug-likeness (QED) is 0.305. The van der Waals surface area contributed by atoms with Crippen molar-refractivity contribution in [2.24, 2.45) is 0 Å². The number of thiocarbonyl (C=S) groups is 1. The molecular formula is C20H19N9S. The van der Waals surface area contributed by atoms with E-state index in [1.54, 1.807) is 29.4 Å². The Bertz CT molecular complexity index is 1210. The molecule has 0 amide bonds. The minimum atomic E-state index is 0.473. The average molecular weight is 418 g/mol. The third kappa shape index (κ3) is 5.18. The first kappa shape index (κ1) is 20.5. The lowest BCUT2D eigenvalue weighted by atomic mass is 10.3. The highest BCUT2D eigenvalue weighted by Crippen LogP contribution is 2.13. The van der Waals surface area contributed by atoms with Crippen LogP contribution in [0.3, 0.4) is 0 Å². The van der Waals surface area contributed by atoms with Crippen LogP contribution in [0.4, 0.5) is 11.9 Å². The third-order valence-corrected chi connectivity index (χ3v) is 4.07. The number of imidazole rings is 3. The van der Waals surface area contributed by atoms with Crippen molar-refractivity contribution in [1.29, 1.82) is 5.26 Å². The van der Waals surface area contributed by atoms with E-state index < -0.39 is 0 Å². The van der Waals surface area contributed by atoms with Gasteiger partial charge in [0.15, 0.2) is 11.1 Å². The number of nitrogens with two attached hydrogens (primary N) is 1. The summed E-state index contributed by atoms with van der Waals surface area (Å²) in [7, 11) is 0. The van der Waals surface area contributed by atoms with E-state index in [9.17, 15) is 0 Å². The Hall–Kier alpha value is -4.23. The largest absolute Gasteiger partial charge is 0.369 e. The monoisotopic (exact) mass is 417 g/mol. The van der Waals surface area contributed by atoms with Crippen LogP contribution >= 0.6 is 12.2 Å². The number of nitrogen functional groups attached to an aromatic ring is 1. The van der Waals surface area contributed by atoms with Crippen molar-refractivity contribution in [3.05, 3.63) is 67.3 Å². The average Bonchev–Trinajstić information content (AvgIpc) is 3.47. The van der Waals surface area contributed by atoms with Crippen LogP contribution in [0.15, 0.2) is 67.3 Å². The molecule has 3 heterocycles. The van der Waals surface area contributed by atoms with E-state index in [4.69, 9.17) is 23.2 Å². The lowest BCUT2D eigenvalue weighted by Crippen LogP contribution is -2.18. The Balaban J connectivity index is 0.000000167. The summed E-state index contributed by atoms with van der Waals surface area (Å²) in [4.78, 5) is 18.4. The van der Waals surface area contributed by atoms with Gasteiger partial charge < -0.3 is 21.0 Å². The molecule has 0 aliphatic heterocycles. The summed E-state index contributed by atoms with van der Waals surface area (Å²) in [6.45, 7) is 1.43. The van der Waals surface area contributed by atoms with Crippen LogP contribution in [0.1, 0.15) is 6.92 Å². The van der Waals surface area contributed by atoms with Gasteiger partial charge in [0.25, 0.3) is 0 Å². The van der Waals surface area contributed by atoms with Crippen LogP contribution in [-0.4, -0.2) is 34.6 Å². The zero-order valence-electron chi connectivity index (χ0n) is 16.1. The van der Waals surface area contributed by atoms with Gasteiger partial charge in [0, 0.05) is 19.3 Å². The van der Waals surface area contributed by atoms with E-state index in [1.807, 2.05) is 48.5 Å². The predicted molar refractivity (Wildman–Crippen MR) is 122 cm³/mol. The number of anilines is 2. The molecule has 0 bridgehead atoms. The van der Waals surface area contributed by atoms with Gasteiger partial charge in [-0.3, -0.25) is 4.57 Å². The lowest BCUT2D eigenvalue weighted by Gasteiger charge is -2.03. The zero-order chi connectivity index (χ0) is 21.3. The molecule has 0 saturated carbocycles. The van der Waals surface area contributed by atoms with E-state index in [0.29, 0.717) is 17.0 Å². The molecule has 0 aliphatic carbocycles. The van der Waals surface area contributed by atoms with Crippen LogP contribution in [0.25, 0.3) is 22.1 Å². The minimum Gasteiger partial charge on any atom is -0.369 e. The lowest BCUT2D eigenvalue weighted by molar-refractivity contribution is 1.14. The van der Waals surface area contributed by atoms with Crippen LogP contribution in [0.5, 0.6) is 0 Å². The van der Waals surface area contributed by atoms with E-state index in [2.05, 4.69) is 30.2 Å². The molecule has 0 atom stereocenters. The first-order chi connectivity index (χ1) is 14.6. The van der Waals surface area contributed by atoms with Crippen molar-refractivity contribution in [3.63, 3.8) is 0 Å². The summed E-state index contributed by atoms with van der Waals surface area (Å²) in [6, 6.07) is 17.3. The fourth-order valence-electron chi connectivity index (χ4n) is 2.53. The maximum atomic E-state index is 7.32. The van der Waals surface area contributed by atoms with Gasteiger partial charge in [-0.15, -0.1) is 0 Å². The van der Waals surface area contributed by atoms with Gasteiger partial charge in [-0.1, -0.05) is 24.3 Å². The van der Waals surface area contributed by atoms with E-state index in [1.165, 1.54) is 6.92 Å². The number of benzene rings is 2. The van der Waals surface area contributed by atoms with Crippen LogP contribution in [0.2, 0.25) is 0 Å². The Morgan fingerprint density at radius 3 is 2.23 bits per heavy atom. The number of hydrogen-bond donors (Lipinski definition) is 4. The predicted octanol–water partition coefficient (Wildman–Crippen LogP) is 3.68. The smallest absolute Gasteiger partial charge is 0.207 e. The number of nitrogens with zero attached hydrogens (tertiary/aromatic N) is 5. The number of para-hydroxylation sites is 4. The SMILES string of the molecule is CC#N.Nc1nc2ccccc2[nH]1.S=C(Nc1nc2ccccc2[nH]1)n1ccnc1. The molecule has 0 spiro atoms. The number of fused-ring (bicyclic) bond motifs is 2. The highest BCUT2D eigenvalue weighted by Gasteiger charge is 2.04. The second kappa shape index (κ2) is 9.81. The number of rotatable bonds is 1. The van der Waals surface area contributed by atoms with Gasteiger partial charge in [-0.05, 0) is 36.5 Å². The van der Waals surface area contributed by atoms with Crippen molar-refractivity contribution >= 4 is 51.3 Å². The first-order valence-corrected chi connectivity index (χ1v) is 9.26. The summed E-state index contributed by atoms with van der Waals surface area (Å²) in [5.41, 5.74) is 9.21. The topological polar surface area (TPSA) is 137 Å². The summed E-state index contributed by atoms with van der Waals surface area (Å²) in [6.07, 6.45) is 5.09. The zero-order valence-corrected chi connectivity index (χ0v) is 16.9. The third-order valence-electron chi connectivity index (χ3n) is 3.76. The Kier molecular flexibility index (Phi) is 6.70. The van der Waals surface area contributed by atoms with Gasteiger partial charge >= 0.3 is 0 Å². The normalized spacial score (nSPS) is 9.73. The molecule has 3 aromatic heterocycles. The molecule has 5 rings (SSSR count). The number of H-pyrrole nitrogens is 2. The first-order valence-electron chi connectivity index (χ1n) is 8.86. The van der Waals surface area contributed by atoms with Gasteiger partial charge in [0.2, 0.25) is 5.95 Å². The van der Waals surface area contributed by atoms with Gasteiger partial charge in [0.05, 0.1) is 28.1 Å². The second-order valence-electron chi connectivity index (χ2n) is 5.87. The molecule has 30 heavy (non-hydrogen) atoms. The number of nitrogens with one attached hydrogen (secondary N) is 3. The molecule has 0 fully saturated rings. The molecule has 5 N–H and O–H groups in total. The molecule has 150 valence electrons. The number of aromatic nitrogens is 6. The summed E-state index contributed by atoms with van der Waals surface area (Å²) in [5.74, 6) is 1.10. The number of nitriles is 1. The molecule has 10 heteroatoms. The highest BCUT2D eigenvalue weighted by molar-refractivity contribution is 7.80. The fraction of sp³-hybridized carbons (Fsp3) is 0.0500. The summed E-state index contributed by atoms with van der Waals surface area (Å²) < 4.78 is 1.71. The van der Waals surface area contributed by atoms with E-state index in [-0.39, 0.29) is 0 Å². The Morgan fingerprint density at radius 1 is 1.07 bits per heavy atom. The fourth-order valence-corrected chi connectivity index (χ4v) is 2.73. The molecular weight excluding hydrogens is 398 g/mol. The van der Waals surface area contributed by atoms with Crippen LogP contribution in [0, 0.1) is 11.3 Å². The van der Waals surface area contributed by atoms with Gasteiger partial charge in [-0.25, -0.2) is 15.0 Å². The maximum absolute atomic E-state index is 7.32. The van der Waals surface area contributed by atoms with Crippen molar-refractivity contribution in [3.8, 4) is 6.07 Å². The van der Waals surface area contributed by atoms with Gasteiger partial charge in [0.1, 0.15) is 6.33 Å². The van der Waals surface area contributed by atoms with Gasteiger partial charge in [-0.2, -0.15) is 5.26 Å². The number of aromatic amines is 2. The van der Waals surface area contributed by atoms with Crippen molar-refractivity contribution in [1.82, 2.24) is 29.5 Å². The van der Waals surface area contributed by atoms with E-state index >= 15 is 0 Å². The minimum absolute atomic E-state index is 0.473.